The average molecular weight is 192 g/mol. The SMILES string of the molecule is CC(C)N(CC[C]1[CH][CH][CH][CH]1)C(C)C. The zero-order valence-corrected chi connectivity index (χ0v) is 9.83. The van der Waals surface area contributed by atoms with Crippen molar-refractivity contribution in [1.29, 1.82) is 0 Å². The Hall–Kier alpha value is -0.0400. The molecule has 0 aromatic carbocycles. The largest absolute Gasteiger partial charge is 0.299 e. The van der Waals surface area contributed by atoms with Gasteiger partial charge in [0.2, 0.25) is 0 Å². The minimum absolute atomic E-state index is 0.643. The maximum atomic E-state index is 2.53. The Bertz CT molecular complexity index is 137. The molecule has 1 nitrogen and oxygen atoms in total. The van der Waals surface area contributed by atoms with Crippen LogP contribution < -0.4 is 0 Å². The molecule has 0 atom stereocenters. The number of hydrogen-bond donors (Lipinski definition) is 0. The van der Waals surface area contributed by atoms with Crippen molar-refractivity contribution in [3.63, 3.8) is 0 Å². The maximum Gasteiger partial charge on any atom is 0.00412 e. The molecule has 79 valence electrons. The molecule has 0 unspecified atom stereocenters. The van der Waals surface area contributed by atoms with Crippen molar-refractivity contribution >= 4 is 0 Å². The molecule has 0 bridgehead atoms. The van der Waals surface area contributed by atoms with Gasteiger partial charge < -0.3 is 0 Å². The van der Waals surface area contributed by atoms with Crippen LogP contribution in [0, 0.1) is 31.6 Å². The fourth-order valence-electron chi connectivity index (χ4n) is 1.95. The highest BCUT2D eigenvalue weighted by Gasteiger charge is 2.19. The molecular weight excluding hydrogens is 170 g/mol. The molecule has 0 aromatic heterocycles. The summed E-state index contributed by atoms with van der Waals surface area (Å²) in [6.07, 6.45) is 9.82. The minimum Gasteiger partial charge on any atom is -0.299 e. The Morgan fingerprint density at radius 3 is 1.93 bits per heavy atom. The molecule has 5 radical (unpaired) electrons. The Morgan fingerprint density at radius 1 is 1.00 bits per heavy atom. The van der Waals surface area contributed by atoms with Crippen LogP contribution in [0.5, 0.6) is 0 Å². The van der Waals surface area contributed by atoms with Crippen molar-refractivity contribution in [3.05, 3.63) is 31.6 Å². The van der Waals surface area contributed by atoms with Crippen LogP contribution in [0.1, 0.15) is 34.1 Å². The second kappa shape index (κ2) is 5.75. The van der Waals surface area contributed by atoms with E-state index in [4.69, 9.17) is 0 Å². The maximum absolute atomic E-state index is 2.53. The van der Waals surface area contributed by atoms with Crippen LogP contribution in [0.4, 0.5) is 0 Å². The van der Waals surface area contributed by atoms with Gasteiger partial charge in [0.05, 0.1) is 0 Å². The predicted octanol–water partition coefficient (Wildman–Crippen LogP) is 2.90. The predicted molar refractivity (Wildman–Crippen MR) is 62.0 cm³/mol. The van der Waals surface area contributed by atoms with Gasteiger partial charge in [0, 0.05) is 12.1 Å². The molecule has 0 amide bonds. The summed E-state index contributed by atoms with van der Waals surface area (Å²) in [5.74, 6) is 1.45. The van der Waals surface area contributed by atoms with E-state index in [0.29, 0.717) is 12.1 Å². The smallest absolute Gasteiger partial charge is 0.00412 e. The molecule has 14 heavy (non-hydrogen) atoms. The normalized spacial score (nSPS) is 19.1. The summed E-state index contributed by atoms with van der Waals surface area (Å²) in [6.45, 7) is 10.2. The molecule has 1 saturated carbocycles. The first kappa shape index (κ1) is 12.0. The van der Waals surface area contributed by atoms with Crippen molar-refractivity contribution in [1.82, 2.24) is 4.90 Å². The summed E-state index contributed by atoms with van der Waals surface area (Å²) in [4.78, 5) is 2.53. The summed E-state index contributed by atoms with van der Waals surface area (Å²) >= 11 is 0. The van der Waals surface area contributed by atoms with Crippen LogP contribution >= 0.6 is 0 Å². The molecule has 1 aliphatic rings. The van der Waals surface area contributed by atoms with E-state index in [1.54, 1.807) is 0 Å². The highest BCUT2D eigenvalue weighted by Crippen LogP contribution is 2.26. The standard InChI is InChI=1S/C13H22N/c1-11(2)14(12(3)4)10-9-13-7-5-6-8-13/h5-8,11-12H,9-10H2,1-4H3. The molecule has 0 aliphatic heterocycles. The first-order valence-corrected chi connectivity index (χ1v) is 5.57. The third-order valence-corrected chi connectivity index (χ3v) is 2.72. The summed E-state index contributed by atoms with van der Waals surface area (Å²) in [5, 5.41) is 0. The molecular formula is C13H22N. The molecule has 0 N–H and O–H groups in total. The number of hydrogen-bond acceptors (Lipinski definition) is 1. The van der Waals surface area contributed by atoms with Crippen LogP contribution in [0.2, 0.25) is 0 Å². The van der Waals surface area contributed by atoms with Crippen LogP contribution in [-0.4, -0.2) is 23.5 Å². The summed E-state index contributed by atoms with van der Waals surface area (Å²) < 4.78 is 0. The van der Waals surface area contributed by atoms with E-state index in [1.807, 2.05) is 0 Å². The average Bonchev–Trinajstić information content (AvgIpc) is 2.55. The Morgan fingerprint density at radius 2 is 1.50 bits per heavy atom. The lowest BCUT2D eigenvalue weighted by Crippen LogP contribution is -2.38. The number of rotatable bonds is 5. The van der Waals surface area contributed by atoms with E-state index in [0.717, 1.165) is 0 Å². The fraction of sp³-hybridized carbons (Fsp3) is 0.615. The zero-order chi connectivity index (χ0) is 10.6. The Labute approximate surface area is 89.9 Å². The van der Waals surface area contributed by atoms with Crippen molar-refractivity contribution in [2.24, 2.45) is 0 Å². The van der Waals surface area contributed by atoms with Gasteiger partial charge in [-0.25, -0.2) is 0 Å². The Kier molecular flexibility index (Phi) is 4.94. The van der Waals surface area contributed by atoms with Gasteiger partial charge in [-0.05, 0) is 72.3 Å². The highest BCUT2D eigenvalue weighted by molar-refractivity contribution is 5.35. The molecule has 0 saturated heterocycles. The molecule has 1 heteroatoms. The van der Waals surface area contributed by atoms with E-state index in [-0.39, 0.29) is 0 Å². The fourth-order valence-corrected chi connectivity index (χ4v) is 1.95. The van der Waals surface area contributed by atoms with Gasteiger partial charge in [-0.1, -0.05) is 0 Å². The first-order valence-electron chi connectivity index (χ1n) is 5.57. The lowest BCUT2D eigenvalue weighted by atomic mass is 10.0. The summed E-state index contributed by atoms with van der Waals surface area (Å²) in [6, 6.07) is 1.29. The van der Waals surface area contributed by atoms with E-state index >= 15 is 0 Å². The lowest BCUT2D eigenvalue weighted by Gasteiger charge is -2.31. The van der Waals surface area contributed by atoms with Gasteiger partial charge in [0.1, 0.15) is 0 Å². The second-order valence-corrected chi connectivity index (χ2v) is 4.47. The third-order valence-electron chi connectivity index (χ3n) is 2.72. The quantitative estimate of drug-likeness (QED) is 0.647. The van der Waals surface area contributed by atoms with Gasteiger partial charge in [-0.2, -0.15) is 0 Å². The van der Waals surface area contributed by atoms with Crippen molar-refractivity contribution in [2.45, 2.75) is 46.2 Å². The van der Waals surface area contributed by atoms with Crippen molar-refractivity contribution in [3.8, 4) is 0 Å². The van der Waals surface area contributed by atoms with Crippen LogP contribution in [0.3, 0.4) is 0 Å². The van der Waals surface area contributed by atoms with E-state index in [9.17, 15) is 0 Å². The van der Waals surface area contributed by atoms with Crippen LogP contribution in [-0.2, 0) is 0 Å². The molecule has 1 aliphatic carbocycles. The lowest BCUT2D eigenvalue weighted by molar-refractivity contribution is 0.175. The molecule has 0 heterocycles. The van der Waals surface area contributed by atoms with Gasteiger partial charge >= 0.3 is 0 Å². The van der Waals surface area contributed by atoms with Gasteiger partial charge in [0.25, 0.3) is 0 Å². The van der Waals surface area contributed by atoms with E-state index < -0.39 is 0 Å². The van der Waals surface area contributed by atoms with Gasteiger partial charge in [-0.15, -0.1) is 0 Å². The third kappa shape index (κ3) is 3.61. The minimum atomic E-state index is 0.643. The van der Waals surface area contributed by atoms with Gasteiger partial charge in [-0.3, -0.25) is 4.90 Å². The summed E-state index contributed by atoms with van der Waals surface area (Å²) in [7, 11) is 0. The summed E-state index contributed by atoms with van der Waals surface area (Å²) in [5.41, 5.74) is 0. The Balaban J connectivity index is 2.25. The molecule has 0 spiro atoms. The van der Waals surface area contributed by atoms with E-state index in [1.165, 1.54) is 18.9 Å². The first-order chi connectivity index (χ1) is 6.61. The van der Waals surface area contributed by atoms with E-state index in [2.05, 4.69) is 58.3 Å². The van der Waals surface area contributed by atoms with Crippen molar-refractivity contribution in [2.75, 3.05) is 6.54 Å². The molecule has 1 rings (SSSR count). The monoisotopic (exact) mass is 192 g/mol. The van der Waals surface area contributed by atoms with Crippen LogP contribution in [0.15, 0.2) is 0 Å². The molecule has 0 aromatic rings. The zero-order valence-electron chi connectivity index (χ0n) is 9.83. The van der Waals surface area contributed by atoms with Crippen molar-refractivity contribution < 1.29 is 0 Å². The number of nitrogens with zero attached hydrogens (tertiary/aromatic N) is 1. The highest BCUT2D eigenvalue weighted by atomic mass is 15.2. The molecule has 1 fully saturated rings. The topological polar surface area (TPSA) is 3.24 Å². The van der Waals surface area contributed by atoms with Crippen LogP contribution in [0.25, 0.3) is 0 Å². The second-order valence-electron chi connectivity index (χ2n) is 4.47. The van der Waals surface area contributed by atoms with Gasteiger partial charge in [0.15, 0.2) is 0 Å².